The Hall–Kier alpha value is -3.46. The zero-order chi connectivity index (χ0) is 17.8. The normalized spacial score (nSPS) is 11.6. The number of aromatic nitrogens is 3. The molecule has 0 aliphatic heterocycles. The Labute approximate surface area is 145 Å². The van der Waals surface area contributed by atoms with E-state index in [0.717, 1.165) is 17.1 Å². The summed E-state index contributed by atoms with van der Waals surface area (Å²) in [5.74, 6) is 0.646. The van der Waals surface area contributed by atoms with Crippen molar-refractivity contribution in [3.63, 3.8) is 0 Å². The standard InChI is InChI=1S/C19H17N5O/c1-13(23-19(25)18-8-3-15(11-20)12-22-18)16-4-6-17(7-5-16)24-10-9-21-14(24)2/h3-10,12-13H,1-2H3,(H,23,25)/t13-/m0/s1. The van der Waals surface area contributed by atoms with Crippen LogP contribution in [0.3, 0.4) is 0 Å². The van der Waals surface area contributed by atoms with Crippen LogP contribution in [0.4, 0.5) is 0 Å². The smallest absolute Gasteiger partial charge is 0.270 e. The maximum atomic E-state index is 12.3. The summed E-state index contributed by atoms with van der Waals surface area (Å²) in [6, 6.07) is 12.9. The second-order valence-corrected chi connectivity index (χ2v) is 5.68. The van der Waals surface area contributed by atoms with Gasteiger partial charge in [-0.3, -0.25) is 4.79 Å². The van der Waals surface area contributed by atoms with Gasteiger partial charge in [0.05, 0.1) is 11.6 Å². The molecule has 0 radical (unpaired) electrons. The van der Waals surface area contributed by atoms with E-state index in [1.54, 1.807) is 18.3 Å². The predicted octanol–water partition coefficient (Wildman–Crippen LogP) is 2.94. The van der Waals surface area contributed by atoms with Crippen LogP contribution in [0.1, 0.15) is 40.4 Å². The Bertz CT molecular complexity index is 920. The van der Waals surface area contributed by atoms with E-state index in [1.165, 1.54) is 6.20 Å². The molecule has 3 rings (SSSR count). The molecule has 1 aromatic carbocycles. The van der Waals surface area contributed by atoms with E-state index >= 15 is 0 Å². The van der Waals surface area contributed by atoms with Gasteiger partial charge in [-0.2, -0.15) is 5.26 Å². The maximum Gasteiger partial charge on any atom is 0.270 e. The van der Waals surface area contributed by atoms with Crippen molar-refractivity contribution < 1.29 is 4.79 Å². The Balaban J connectivity index is 1.70. The van der Waals surface area contributed by atoms with Gasteiger partial charge in [-0.05, 0) is 43.7 Å². The van der Waals surface area contributed by atoms with Crippen LogP contribution in [0.25, 0.3) is 5.69 Å². The highest BCUT2D eigenvalue weighted by Crippen LogP contribution is 2.17. The maximum absolute atomic E-state index is 12.3. The lowest BCUT2D eigenvalue weighted by Crippen LogP contribution is -2.27. The molecule has 1 amide bonds. The summed E-state index contributed by atoms with van der Waals surface area (Å²) in [6.07, 6.45) is 5.06. The van der Waals surface area contributed by atoms with E-state index in [2.05, 4.69) is 15.3 Å². The Morgan fingerprint density at radius 1 is 1.20 bits per heavy atom. The number of rotatable bonds is 4. The molecule has 0 aliphatic carbocycles. The molecule has 0 saturated carbocycles. The number of carbonyl (C=O) groups excluding carboxylic acids is 1. The number of carbonyl (C=O) groups is 1. The average molecular weight is 331 g/mol. The first kappa shape index (κ1) is 16.4. The van der Waals surface area contributed by atoms with Crippen LogP contribution in [0.5, 0.6) is 0 Å². The van der Waals surface area contributed by atoms with Gasteiger partial charge in [0.25, 0.3) is 5.91 Å². The third-order valence-electron chi connectivity index (χ3n) is 3.97. The fraction of sp³-hybridized carbons (Fsp3) is 0.158. The molecule has 25 heavy (non-hydrogen) atoms. The van der Waals surface area contributed by atoms with E-state index < -0.39 is 0 Å². The summed E-state index contributed by atoms with van der Waals surface area (Å²) < 4.78 is 1.99. The highest BCUT2D eigenvalue weighted by atomic mass is 16.1. The number of nitrogens with zero attached hydrogens (tertiary/aromatic N) is 4. The van der Waals surface area contributed by atoms with Gasteiger partial charge in [0.2, 0.25) is 0 Å². The first-order valence-corrected chi connectivity index (χ1v) is 7.86. The molecule has 2 aromatic heterocycles. The number of nitrogens with one attached hydrogen (secondary N) is 1. The highest BCUT2D eigenvalue weighted by molar-refractivity contribution is 5.92. The number of imidazole rings is 1. The average Bonchev–Trinajstić information content (AvgIpc) is 3.07. The van der Waals surface area contributed by atoms with Gasteiger partial charge >= 0.3 is 0 Å². The fourth-order valence-electron chi connectivity index (χ4n) is 2.52. The number of hydrogen-bond donors (Lipinski definition) is 1. The van der Waals surface area contributed by atoms with Crippen molar-refractivity contribution in [3.05, 3.63) is 77.6 Å². The van der Waals surface area contributed by atoms with Crippen molar-refractivity contribution in [3.8, 4) is 11.8 Å². The summed E-state index contributed by atoms with van der Waals surface area (Å²) in [7, 11) is 0. The number of benzene rings is 1. The third-order valence-corrected chi connectivity index (χ3v) is 3.97. The number of amides is 1. The van der Waals surface area contributed by atoms with Crippen molar-refractivity contribution in [1.82, 2.24) is 19.9 Å². The molecular formula is C19H17N5O. The lowest BCUT2D eigenvalue weighted by Gasteiger charge is -2.15. The molecule has 0 unspecified atom stereocenters. The van der Waals surface area contributed by atoms with Gasteiger partial charge < -0.3 is 9.88 Å². The Morgan fingerprint density at radius 3 is 2.52 bits per heavy atom. The van der Waals surface area contributed by atoms with Gasteiger partial charge in [0.1, 0.15) is 17.6 Å². The minimum absolute atomic E-state index is 0.164. The Morgan fingerprint density at radius 2 is 1.96 bits per heavy atom. The summed E-state index contributed by atoms with van der Waals surface area (Å²) in [5, 5.41) is 11.7. The lowest BCUT2D eigenvalue weighted by atomic mass is 10.1. The third kappa shape index (κ3) is 3.56. The highest BCUT2D eigenvalue weighted by Gasteiger charge is 2.13. The molecule has 2 heterocycles. The largest absolute Gasteiger partial charge is 0.344 e. The van der Waals surface area contributed by atoms with E-state index in [4.69, 9.17) is 5.26 Å². The monoisotopic (exact) mass is 331 g/mol. The van der Waals surface area contributed by atoms with Crippen molar-refractivity contribution in [1.29, 1.82) is 5.26 Å². The minimum atomic E-state index is -0.272. The number of pyridine rings is 1. The zero-order valence-electron chi connectivity index (χ0n) is 14.0. The SMILES string of the molecule is Cc1nccn1-c1ccc([C@H](C)NC(=O)c2ccc(C#N)cn2)cc1. The first-order valence-electron chi connectivity index (χ1n) is 7.86. The molecule has 6 heteroatoms. The van der Waals surface area contributed by atoms with Crippen LogP contribution in [0.2, 0.25) is 0 Å². The van der Waals surface area contributed by atoms with Crippen molar-refractivity contribution in [2.24, 2.45) is 0 Å². The lowest BCUT2D eigenvalue weighted by molar-refractivity contribution is 0.0935. The number of aryl methyl sites for hydroxylation is 1. The van der Waals surface area contributed by atoms with E-state index in [-0.39, 0.29) is 17.6 Å². The first-order chi connectivity index (χ1) is 12.1. The zero-order valence-corrected chi connectivity index (χ0v) is 14.0. The molecule has 0 aliphatic rings. The molecule has 1 N–H and O–H groups in total. The van der Waals surface area contributed by atoms with Crippen LogP contribution in [0.15, 0.2) is 55.0 Å². The van der Waals surface area contributed by atoms with Crippen LogP contribution in [0, 0.1) is 18.3 Å². The molecule has 3 aromatic rings. The van der Waals surface area contributed by atoms with Gasteiger partial charge in [-0.1, -0.05) is 12.1 Å². The van der Waals surface area contributed by atoms with Gasteiger partial charge in [-0.15, -0.1) is 0 Å². The van der Waals surface area contributed by atoms with E-state index in [9.17, 15) is 4.79 Å². The molecule has 0 spiro atoms. The second-order valence-electron chi connectivity index (χ2n) is 5.68. The van der Waals surface area contributed by atoms with Crippen molar-refractivity contribution in [2.45, 2.75) is 19.9 Å². The molecular weight excluding hydrogens is 314 g/mol. The van der Waals surface area contributed by atoms with Gasteiger partial charge in [0.15, 0.2) is 0 Å². The fourth-order valence-corrected chi connectivity index (χ4v) is 2.52. The van der Waals surface area contributed by atoms with Crippen LogP contribution < -0.4 is 5.32 Å². The molecule has 1 atom stereocenters. The number of hydrogen-bond acceptors (Lipinski definition) is 4. The van der Waals surface area contributed by atoms with E-state index in [1.807, 2.05) is 54.9 Å². The minimum Gasteiger partial charge on any atom is -0.344 e. The summed E-state index contributed by atoms with van der Waals surface area (Å²) >= 11 is 0. The second kappa shape index (κ2) is 6.97. The molecule has 0 fully saturated rings. The van der Waals surface area contributed by atoms with E-state index in [0.29, 0.717) is 5.56 Å². The summed E-state index contributed by atoms with van der Waals surface area (Å²) in [5.41, 5.74) is 2.72. The molecule has 0 bridgehead atoms. The molecule has 0 saturated heterocycles. The topological polar surface area (TPSA) is 83.6 Å². The molecule has 6 nitrogen and oxygen atoms in total. The molecule has 124 valence electrons. The van der Waals surface area contributed by atoms with Crippen LogP contribution >= 0.6 is 0 Å². The quantitative estimate of drug-likeness (QED) is 0.796. The number of nitriles is 1. The predicted molar refractivity (Wildman–Crippen MR) is 93.1 cm³/mol. The van der Waals surface area contributed by atoms with Gasteiger partial charge in [-0.25, -0.2) is 9.97 Å². The van der Waals surface area contributed by atoms with Crippen LogP contribution in [-0.2, 0) is 0 Å². The summed E-state index contributed by atoms with van der Waals surface area (Å²) in [6.45, 7) is 3.86. The van der Waals surface area contributed by atoms with Crippen molar-refractivity contribution in [2.75, 3.05) is 0 Å². The van der Waals surface area contributed by atoms with Crippen molar-refractivity contribution >= 4 is 5.91 Å². The van der Waals surface area contributed by atoms with Crippen LogP contribution in [-0.4, -0.2) is 20.4 Å². The Kier molecular flexibility index (Phi) is 4.57. The van der Waals surface area contributed by atoms with Gasteiger partial charge in [0, 0.05) is 24.3 Å². The summed E-state index contributed by atoms with van der Waals surface area (Å²) in [4.78, 5) is 20.5.